The maximum Gasteiger partial charge on any atom is 0.215 e. The Labute approximate surface area is 106 Å². The van der Waals surface area contributed by atoms with Crippen LogP contribution in [-0.4, -0.2) is 0 Å². The summed E-state index contributed by atoms with van der Waals surface area (Å²) in [6.07, 6.45) is -0.731. The van der Waals surface area contributed by atoms with Gasteiger partial charge < -0.3 is 4.89 Å². The van der Waals surface area contributed by atoms with E-state index < -0.39 is 6.10 Å². The summed E-state index contributed by atoms with van der Waals surface area (Å²) in [5.74, 6) is 0.619. The topological polar surface area (TPSA) is 42.2 Å². The molecule has 3 heteroatoms. The first-order valence-electron chi connectivity index (χ1n) is 5.65. The lowest BCUT2D eigenvalue weighted by Crippen LogP contribution is -2.06. The molecule has 90 valence electrons. The molecule has 0 bridgehead atoms. The van der Waals surface area contributed by atoms with E-state index in [1.54, 1.807) is 6.07 Å². The molecule has 0 radical (unpaired) electrons. The second kappa shape index (κ2) is 5.85. The fraction of sp³-hybridized carbons (Fsp3) is 0.133. The Morgan fingerprint density at radius 1 is 1.00 bits per heavy atom. The monoisotopic (exact) mass is 239 g/mol. The second-order valence-corrected chi connectivity index (χ2v) is 3.86. The van der Waals surface area contributed by atoms with E-state index in [1.807, 2.05) is 55.5 Å². The molecule has 0 heterocycles. The Balaban J connectivity index is 2.05. The molecule has 2 rings (SSSR count). The summed E-state index contributed by atoms with van der Waals surface area (Å²) in [5, 5.41) is 9.07. The highest BCUT2D eigenvalue weighted by molar-refractivity contribution is 5.31. The average molecular weight is 239 g/mol. The number of para-hydroxylation sites is 1. The average Bonchev–Trinajstić information content (AvgIpc) is 2.42. The van der Waals surface area contributed by atoms with Gasteiger partial charge in [0, 0.05) is 0 Å². The van der Waals surface area contributed by atoms with E-state index in [1.165, 1.54) is 0 Å². The van der Waals surface area contributed by atoms with E-state index >= 15 is 0 Å². The molecule has 18 heavy (non-hydrogen) atoms. The van der Waals surface area contributed by atoms with Gasteiger partial charge in [-0.2, -0.15) is 10.1 Å². The van der Waals surface area contributed by atoms with Crippen LogP contribution in [0.1, 0.15) is 17.2 Å². The molecule has 0 aromatic heterocycles. The van der Waals surface area contributed by atoms with E-state index in [0.29, 0.717) is 5.75 Å². The van der Waals surface area contributed by atoms with E-state index in [9.17, 15) is 0 Å². The van der Waals surface area contributed by atoms with Crippen molar-refractivity contribution in [2.75, 3.05) is 0 Å². The summed E-state index contributed by atoms with van der Waals surface area (Å²) in [6, 6.07) is 18.8. The van der Waals surface area contributed by atoms with E-state index in [0.717, 1.165) is 11.1 Å². The predicted molar refractivity (Wildman–Crippen MR) is 67.7 cm³/mol. The zero-order valence-corrected chi connectivity index (χ0v) is 10.0. The van der Waals surface area contributed by atoms with Crippen molar-refractivity contribution in [1.82, 2.24) is 0 Å². The van der Waals surface area contributed by atoms with Crippen LogP contribution >= 0.6 is 0 Å². The van der Waals surface area contributed by atoms with Crippen molar-refractivity contribution in [3.63, 3.8) is 0 Å². The number of hydrogen-bond donors (Lipinski definition) is 0. The van der Waals surface area contributed by atoms with Crippen molar-refractivity contribution in [3.8, 4) is 11.8 Å². The van der Waals surface area contributed by atoms with Crippen LogP contribution in [0, 0.1) is 18.3 Å². The molecule has 1 unspecified atom stereocenters. The van der Waals surface area contributed by atoms with Gasteiger partial charge in [0.1, 0.15) is 6.07 Å². The van der Waals surface area contributed by atoms with Crippen LogP contribution in [0.5, 0.6) is 5.75 Å². The zero-order chi connectivity index (χ0) is 12.8. The summed E-state index contributed by atoms with van der Waals surface area (Å²) in [5.41, 5.74) is 1.73. The lowest BCUT2D eigenvalue weighted by molar-refractivity contribution is -0.232. The summed E-state index contributed by atoms with van der Waals surface area (Å²) in [4.78, 5) is 10.4. The molecule has 0 aliphatic heterocycles. The predicted octanol–water partition coefficient (Wildman–Crippen LogP) is 3.57. The number of benzene rings is 2. The highest BCUT2D eigenvalue weighted by atomic mass is 17.2. The molecular formula is C15H13NO2. The number of nitrogens with zero attached hydrogens (tertiary/aromatic N) is 1. The molecule has 0 amide bonds. The number of hydrogen-bond acceptors (Lipinski definition) is 3. The first-order valence-corrected chi connectivity index (χ1v) is 5.65. The molecule has 0 saturated heterocycles. The van der Waals surface area contributed by atoms with Crippen LogP contribution in [0.15, 0.2) is 54.6 Å². The van der Waals surface area contributed by atoms with Crippen LogP contribution in [0.4, 0.5) is 0 Å². The van der Waals surface area contributed by atoms with E-state index in [4.69, 9.17) is 15.0 Å². The Morgan fingerprint density at radius 2 is 1.67 bits per heavy atom. The Kier molecular flexibility index (Phi) is 3.95. The van der Waals surface area contributed by atoms with Crippen molar-refractivity contribution < 1.29 is 9.78 Å². The van der Waals surface area contributed by atoms with Crippen LogP contribution in [0.3, 0.4) is 0 Å². The molecule has 0 N–H and O–H groups in total. The Morgan fingerprint density at radius 3 is 2.33 bits per heavy atom. The standard InChI is InChI=1S/C15H13NO2/c1-12-7-5-6-10-14(12)17-18-15(11-16)13-8-3-2-4-9-13/h2-10,15H,1H3. The first kappa shape index (κ1) is 12.2. The van der Waals surface area contributed by atoms with Gasteiger partial charge in [0.25, 0.3) is 0 Å². The van der Waals surface area contributed by atoms with Gasteiger partial charge in [-0.05, 0) is 24.1 Å². The SMILES string of the molecule is Cc1ccccc1OOC(C#N)c1ccccc1. The summed E-state index contributed by atoms with van der Waals surface area (Å²) in [6.45, 7) is 1.92. The summed E-state index contributed by atoms with van der Waals surface area (Å²) in [7, 11) is 0. The molecule has 2 aromatic rings. The van der Waals surface area contributed by atoms with Gasteiger partial charge in [-0.1, -0.05) is 48.5 Å². The molecule has 1 atom stereocenters. The van der Waals surface area contributed by atoms with Crippen molar-refractivity contribution in [1.29, 1.82) is 5.26 Å². The lowest BCUT2D eigenvalue weighted by atomic mass is 10.1. The van der Waals surface area contributed by atoms with Crippen LogP contribution < -0.4 is 4.89 Å². The highest BCUT2D eigenvalue weighted by Crippen LogP contribution is 2.21. The largest absolute Gasteiger partial charge is 0.336 e. The minimum Gasteiger partial charge on any atom is -0.336 e. The van der Waals surface area contributed by atoms with Crippen LogP contribution in [0.2, 0.25) is 0 Å². The van der Waals surface area contributed by atoms with Crippen molar-refractivity contribution >= 4 is 0 Å². The van der Waals surface area contributed by atoms with Gasteiger partial charge in [0.2, 0.25) is 6.10 Å². The minimum absolute atomic E-state index is 0.619. The van der Waals surface area contributed by atoms with Crippen LogP contribution in [-0.2, 0) is 4.89 Å². The molecule has 0 saturated carbocycles. The first-order chi connectivity index (χ1) is 8.81. The Hall–Kier alpha value is -2.31. The van der Waals surface area contributed by atoms with Gasteiger partial charge in [0.05, 0.1) is 0 Å². The Bertz CT molecular complexity index is 546. The lowest BCUT2D eigenvalue weighted by Gasteiger charge is -2.11. The minimum atomic E-state index is -0.731. The van der Waals surface area contributed by atoms with Gasteiger partial charge in [-0.3, -0.25) is 0 Å². The molecule has 2 aromatic carbocycles. The van der Waals surface area contributed by atoms with E-state index in [-0.39, 0.29) is 0 Å². The van der Waals surface area contributed by atoms with Gasteiger partial charge in [-0.15, -0.1) is 0 Å². The maximum atomic E-state index is 9.07. The van der Waals surface area contributed by atoms with Crippen molar-refractivity contribution in [2.24, 2.45) is 0 Å². The summed E-state index contributed by atoms with van der Waals surface area (Å²) >= 11 is 0. The van der Waals surface area contributed by atoms with Gasteiger partial charge >= 0.3 is 0 Å². The van der Waals surface area contributed by atoms with Crippen molar-refractivity contribution in [3.05, 3.63) is 65.7 Å². The number of nitriles is 1. The smallest absolute Gasteiger partial charge is 0.215 e. The van der Waals surface area contributed by atoms with Gasteiger partial charge in [0.15, 0.2) is 5.75 Å². The third-order valence-electron chi connectivity index (χ3n) is 2.55. The second-order valence-electron chi connectivity index (χ2n) is 3.86. The number of rotatable bonds is 4. The maximum absolute atomic E-state index is 9.07. The molecular weight excluding hydrogens is 226 g/mol. The molecule has 0 aliphatic carbocycles. The molecule has 0 aliphatic rings. The zero-order valence-electron chi connectivity index (χ0n) is 10.0. The van der Waals surface area contributed by atoms with E-state index in [2.05, 4.69) is 6.07 Å². The summed E-state index contributed by atoms with van der Waals surface area (Å²) < 4.78 is 0. The fourth-order valence-corrected chi connectivity index (χ4v) is 1.53. The molecule has 3 nitrogen and oxygen atoms in total. The third-order valence-corrected chi connectivity index (χ3v) is 2.55. The highest BCUT2D eigenvalue weighted by Gasteiger charge is 2.12. The fourth-order valence-electron chi connectivity index (χ4n) is 1.53. The van der Waals surface area contributed by atoms with Crippen molar-refractivity contribution in [2.45, 2.75) is 13.0 Å². The molecule has 0 spiro atoms. The van der Waals surface area contributed by atoms with Crippen LogP contribution in [0.25, 0.3) is 0 Å². The van der Waals surface area contributed by atoms with Gasteiger partial charge in [-0.25, -0.2) is 0 Å². The third kappa shape index (κ3) is 2.88. The number of aryl methyl sites for hydroxylation is 1. The molecule has 0 fully saturated rings. The quantitative estimate of drug-likeness (QED) is 0.605. The normalized spacial score (nSPS) is 11.6.